The highest BCUT2D eigenvalue weighted by molar-refractivity contribution is 5.84. The number of benzene rings is 2. The number of amides is 1. The van der Waals surface area contributed by atoms with Crippen LogP contribution in [-0.2, 0) is 4.79 Å². The molecule has 0 spiro atoms. The van der Waals surface area contributed by atoms with Crippen LogP contribution in [0, 0.1) is 0 Å². The third-order valence-electron chi connectivity index (χ3n) is 3.96. The number of carbonyl (C=O) groups is 1. The lowest BCUT2D eigenvalue weighted by molar-refractivity contribution is -0.135. The molecule has 0 aromatic heterocycles. The first-order chi connectivity index (χ1) is 10.7. The van der Waals surface area contributed by atoms with E-state index >= 15 is 0 Å². The van der Waals surface area contributed by atoms with Crippen molar-refractivity contribution in [3.05, 3.63) is 71.8 Å². The second-order valence-electron chi connectivity index (χ2n) is 5.25. The van der Waals surface area contributed by atoms with Crippen LogP contribution in [0.1, 0.15) is 37.0 Å². The highest BCUT2D eigenvalue weighted by Gasteiger charge is 2.32. The smallest absolute Gasteiger partial charge is 0.233 e. The summed E-state index contributed by atoms with van der Waals surface area (Å²) in [4.78, 5) is 14.7. The van der Waals surface area contributed by atoms with Crippen LogP contribution in [-0.4, -0.2) is 29.0 Å². The van der Waals surface area contributed by atoms with Crippen molar-refractivity contribution >= 4 is 5.91 Å². The molecular formula is C19H23NO2. The molecule has 2 aromatic rings. The zero-order valence-electron chi connectivity index (χ0n) is 13.1. The summed E-state index contributed by atoms with van der Waals surface area (Å²) < 4.78 is 0. The average molecular weight is 297 g/mol. The Bertz CT molecular complexity index is 579. The van der Waals surface area contributed by atoms with E-state index in [1.54, 1.807) is 4.90 Å². The number of hydrogen-bond donors (Lipinski definition) is 1. The van der Waals surface area contributed by atoms with E-state index in [4.69, 9.17) is 0 Å². The molecule has 0 aliphatic carbocycles. The molecular weight excluding hydrogens is 274 g/mol. The van der Waals surface area contributed by atoms with Gasteiger partial charge in [-0.1, -0.05) is 60.7 Å². The van der Waals surface area contributed by atoms with Crippen molar-refractivity contribution in [1.29, 1.82) is 0 Å². The molecule has 0 aliphatic heterocycles. The molecule has 22 heavy (non-hydrogen) atoms. The number of hydrogen-bond acceptors (Lipinski definition) is 2. The number of nitrogens with zero attached hydrogens (tertiary/aromatic N) is 1. The lowest BCUT2D eigenvalue weighted by Crippen LogP contribution is -2.37. The lowest BCUT2D eigenvalue weighted by Gasteiger charge is -2.29. The molecule has 2 rings (SSSR count). The van der Waals surface area contributed by atoms with E-state index in [1.807, 2.05) is 74.5 Å². The van der Waals surface area contributed by atoms with Gasteiger partial charge in [0.15, 0.2) is 0 Å². The Morgan fingerprint density at radius 3 is 1.82 bits per heavy atom. The SMILES string of the molecule is CCN(CC)C(=O)C(c1ccccc1)C(O)c1ccccc1. The van der Waals surface area contributed by atoms with E-state index < -0.39 is 12.0 Å². The van der Waals surface area contributed by atoms with Gasteiger partial charge in [-0.25, -0.2) is 0 Å². The minimum Gasteiger partial charge on any atom is -0.387 e. The van der Waals surface area contributed by atoms with Crippen LogP contribution in [0.15, 0.2) is 60.7 Å². The topological polar surface area (TPSA) is 40.5 Å². The van der Waals surface area contributed by atoms with Crippen LogP contribution in [0.5, 0.6) is 0 Å². The van der Waals surface area contributed by atoms with E-state index in [0.717, 1.165) is 11.1 Å². The highest BCUT2D eigenvalue weighted by Crippen LogP contribution is 2.32. The second kappa shape index (κ2) is 7.76. The summed E-state index contributed by atoms with van der Waals surface area (Å²) in [6, 6.07) is 18.9. The minimum absolute atomic E-state index is 0.0347. The predicted molar refractivity (Wildman–Crippen MR) is 88.5 cm³/mol. The molecule has 3 heteroatoms. The van der Waals surface area contributed by atoms with Crippen molar-refractivity contribution < 1.29 is 9.90 Å². The van der Waals surface area contributed by atoms with Crippen molar-refractivity contribution in [2.24, 2.45) is 0 Å². The Hall–Kier alpha value is -2.13. The molecule has 0 fully saturated rings. The van der Waals surface area contributed by atoms with Gasteiger partial charge in [0.1, 0.15) is 0 Å². The van der Waals surface area contributed by atoms with Gasteiger partial charge in [-0.15, -0.1) is 0 Å². The van der Waals surface area contributed by atoms with E-state index in [2.05, 4.69) is 0 Å². The highest BCUT2D eigenvalue weighted by atomic mass is 16.3. The molecule has 1 amide bonds. The fourth-order valence-corrected chi connectivity index (χ4v) is 2.69. The van der Waals surface area contributed by atoms with Crippen molar-refractivity contribution in [3.8, 4) is 0 Å². The van der Waals surface area contributed by atoms with Crippen molar-refractivity contribution in [1.82, 2.24) is 4.90 Å². The van der Waals surface area contributed by atoms with Gasteiger partial charge in [0.2, 0.25) is 5.91 Å². The standard InChI is InChI=1S/C19H23NO2/c1-3-20(4-2)19(22)17(15-11-7-5-8-12-15)18(21)16-13-9-6-10-14-16/h5-14,17-18,21H,3-4H2,1-2H3. The van der Waals surface area contributed by atoms with Crippen LogP contribution in [0.4, 0.5) is 0 Å². The van der Waals surface area contributed by atoms with Gasteiger partial charge < -0.3 is 10.0 Å². The molecule has 0 saturated carbocycles. The second-order valence-corrected chi connectivity index (χ2v) is 5.25. The van der Waals surface area contributed by atoms with Crippen LogP contribution in [0.25, 0.3) is 0 Å². The van der Waals surface area contributed by atoms with Crippen LogP contribution >= 0.6 is 0 Å². The molecule has 0 bridgehead atoms. The minimum atomic E-state index is -0.850. The van der Waals surface area contributed by atoms with E-state index in [0.29, 0.717) is 13.1 Å². The van der Waals surface area contributed by atoms with E-state index in [-0.39, 0.29) is 5.91 Å². The summed E-state index contributed by atoms with van der Waals surface area (Å²) in [5.41, 5.74) is 1.60. The molecule has 0 aliphatic rings. The molecule has 2 atom stereocenters. The molecule has 2 aromatic carbocycles. The summed E-state index contributed by atoms with van der Waals surface area (Å²) in [6.45, 7) is 5.19. The van der Waals surface area contributed by atoms with Crippen molar-refractivity contribution in [3.63, 3.8) is 0 Å². The molecule has 0 radical (unpaired) electrons. The summed E-state index contributed by atoms with van der Waals surface area (Å²) in [6.07, 6.45) is -0.850. The number of likely N-dealkylation sites (N-methyl/N-ethyl adjacent to an activating group) is 1. The van der Waals surface area contributed by atoms with Gasteiger partial charge in [0.05, 0.1) is 12.0 Å². The first-order valence-electron chi connectivity index (χ1n) is 7.75. The molecule has 116 valence electrons. The first-order valence-corrected chi connectivity index (χ1v) is 7.75. The van der Waals surface area contributed by atoms with Crippen LogP contribution in [0.3, 0.4) is 0 Å². The van der Waals surface area contributed by atoms with Crippen LogP contribution in [0.2, 0.25) is 0 Å². The van der Waals surface area contributed by atoms with E-state index in [1.165, 1.54) is 0 Å². The van der Waals surface area contributed by atoms with Crippen molar-refractivity contribution in [2.75, 3.05) is 13.1 Å². The third-order valence-corrected chi connectivity index (χ3v) is 3.96. The Kier molecular flexibility index (Phi) is 5.73. The Morgan fingerprint density at radius 1 is 0.909 bits per heavy atom. The molecule has 0 saturated heterocycles. The maximum absolute atomic E-state index is 12.9. The van der Waals surface area contributed by atoms with Gasteiger partial charge in [-0.3, -0.25) is 4.79 Å². The summed E-state index contributed by atoms with van der Waals surface area (Å²) in [5.74, 6) is -0.615. The Morgan fingerprint density at radius 2 is 1.36 bits per heavy atom. The van der Waals surface area contributed by atoms with Gasteiger partial charge in [0, 0.05) is 13.1 Å². The normalized spacial score (nSPS) is 13.4. The number of carbonyl (C=O) groups excluding carboxylic acids is 1. The quantitative estimate of drug-likeness (QED) is 0.888. The first kappa shape index (κ1) is 16.2. The maximum atomic E-state index is 12.9. The largest absolute Gasteiger partial charge is 0.387 e. The number of aliphatic hydroxyl groups is 1. The molecule has 3 nitrogen and oxygen atoms in total. The zero-order chi connectivity index (χ0) is 15.9. The predicted octanol–water partition coefficient (Wildman–Crippen LogP) is 3.37. The maximum Gasteiger partial charge on any atom is 0.233 e. The summed E-state index contributed by atoms with van der Waals surface area (Å²) in [7, 11) is 0. The van der Waals surface area contributed by atoms with Gasteiger partial charge in [-0.05, 0) is 25.0 Å². The summed E-state index contributed by atoms with van der Waals surface area (Å²) in [5, 5.41) is 10.8. The van der Waals surface area contributed by atoms with Crippen molar-refractivity contribution in [2.45, 2.75) is 25.9 Å². The molecule has 0 heterocycles. The molecule has 1 N–H and O–H groups in total. The zero-order valence-corrected chi connectivity index (χ0v) is 13.1. The van der Waals surface area contributed by atoms with Crippen LogP contribution < -0.4 is 0 Å². The fraction of sp³-hybridized carbons (Fsp3) is 0.316. The fourth-order valence-electron chi connectivity index (χ4n) is 2.69. The van der Waals surface area contributed by atoms with Gasteiger partial charge in [0.25, 0.3) is 0 Å². The Labute approximate surface area is 132 Å². The number of aliphatic hydroxyl groups excluding tert-OH is 1. The molecule has 2 unspecified atom stereocenters. The average Bonchev–Trinajstić information content (AvgIpc) is 2.58. The van der Waals surface area contributed by atoms with E-state index in [9.17, 15) is 9.90 Å². The van der Waals surface area contributed by atoms with Gasteiger partial charge in [-0.2, -0.15) is 0 Å². The Balaban J connectivity index is 2.40. The monoisotopic (exact) mass is 297 g/mol. The van der Waals surface area contributed by atoms with Gasteiger partial charge >= 0.3 is 0 Å². The lowest BCUT2D eigenvalue weighted by atomic mass is 9.88. The number of rotatable bonds is 6. The summed E-state index contributed by atoms with van der Waals surface area (Å²) >= 11 is 0. The third kappa shape index (κ3) is 3.55.